The summed E-state index contributed by atoms with van der Waals surface area (Å²) in [5.41, 5.74) is -0.114. The van der Waals surface area contributed by atoms with E-state index in [1.54, 1.807) is 0 Å². The van der Waals surface area contributed by atoms with Gasteiger partial charge in [0.15, 0.2) is 0 Å². The Kier molecular flexibility index (Phi) is 4.74. The fourth-order valence-corrected chi connectivity index (χ4v) is 1.68. The molecule has 76 valence electrons. The molecule has 2 nitrogen and oxygen atoms in total. The molecule has 0 N–H and O–H groups in total. The Hall–Kier alpha value is -0.790. The summed E-state index contributed by atoms with van der Waals surface area (Å²) >= 11 is 0. The van der Waals surface area contributed by atoms with E-state index in [1.165, 1.54) is 7.11 Å². The first-order valence-corrected chi connectivity index (χ1v) is 4.71. The summed E-state index contributed by atoms with van der Waals surface area (Å²) in [5.74, 6) is -0.167. The molecule has 1 unspecified atom stereocenters. The molecule has 0 aliphatic rings. The highest BCUT2D eigenvalue weighted by Gasteiger charge is 2.32. The summed E-state index contributed by atoms with van der Waals surface area (Å²) < 4.78 is 4.76. The average molecular weight is 184 g/mol. The number of carbonyl (C=O) groups excluding carboxylic acids is 1. The van der Waals surface area contributed by atoms with Gasteiger partial charge in [0.25, 0.3) is 0 Å². The van der Waals surface area contributed by atoms with Gasteiger partial charge in [-0.3, -0.25) is 4.79 Å². The van der Waals surface area contributed by atoms with Crippen LogP contribution in [0.25, 0.3) is 0 Å². The van der Waals surface area contributed by atoms with Gasteiger partial charge in [-0.15, -0.1) is 0 Å². The van der Waals surface area contributed by atoms with Crippen molar-refractivity contribution >= 4 is 5.97 Å². The molecule has 0 spiro atoms. The van der Waals surface area contributed by atoms with Gasteiger partial charge in [0.05, 0.1) is 13.0 Å². The zero-order chi connectivity index (χ0) is 10.5. The van der Waals surface area contributed by atoms with Crippen LogP contribution in [-0.2, 0) is 9.53 Å². The number of allylic oxidation sites excluding steroid dienone is 2. The second-order valence-corrected chi connectivity index (χ2v) is 3.81. The summed E-state index contributed by atoms with van der Waals surface area (Å²) in [5, 5.41) is 0. The number of hydrogen-bond donors (Lipinski definition) is 0. The Morgan fingerprint density at radius 3 is 2.38 bits per heavy atom. The minimum atomic E-state index is -0.120. The van der Waals surface area contributed by atoms with Gasteiger partial charge >= 0.3 is 5.97 Å². The molecule has 0 rings (SSSR count). The SMILES string of the molecule is C/C=C/C(C)(C)C(CC)C(=O)OC. The van der Waals surface area contributed by atoms with Gasteiger partial charge in [0, 0.05) is 0 Å². The van der Waals surface area contributed by atoms with Gasteiger partial charge in [0.2, 0.25) is 0 Å². The Labute approximate surface area is 81.0 Å². The van der Waals surface area contributed by atoms with Gasteiger partial charge in [0.1, 0.15) is 0 Å². The highest BCUT2D eigenvalue weighted by atomic mass is 16.5. The smallest absolute Gasteiger partial charge is 0.309 e. The molecule has 0 aliphatic heterocycles. The Morgan fingerprint density at radius 1 is 1.54 bits per heavy atom. The first-order valence-electron chi connectivity index (χ1n) is 4.71. The molecule has 0 aromatic carbocycles. The third kappa shape index (κ3) is 3.21. The van der Waals surface area contributed by atoms with E-state index in [0.29, 0.717) is 0 Å². The van der Waals surface area contributed by atoms with Crippen LogP contribution in [0, 0.1) is 11.3 Å². The zero-order valence-corrected chi connectivity index (χ0v) is 9.26. The monoisotopic (exact) mass is 184 g/mol. The van der Waals surface area contributed by atoms with Crippen molar-refractivity contribution in [3.05, 3.63) is 12.2 Å². The van der Waals surface area contributed by atoms with E-state index in [1.807, 2.05) is 19.9 Å². The van der Waals surface area contributed by atoms with Gasteiger partial charge in [-0.25, -0.2) is 0 Å². The van der Waals surface area contributed by atoms with Gasteiger partial charge in [-0.05, 0) is 18.8 Å². The van der Waals surface area contributed by atoms with Crippen molar-refractivity contribution in [1.82, 2.24) is 0 Å². The lowest BCUT2D eigenvalue weighted by Gasteiger charge is -2.28. The first-order chi connectivity index (χ1) is 5.99. The summed E-state index contributed by atoms with van der Waals surface area (Å²) in [4.78, 5) is 11.4. The Morgan fingerprint density at radius 2 is 2.08 bits per heavy atom. The maximum Gasteiger partial charge on any atom is 0.309 e. The van der Waals surface area contributed by atoms with Gasteiger partial charge < -0.3 is 4.74 Å². The molecule has 0 fully saturated rings. The van der Waals surface area contributed by atoms with E-state index < -0.39 is 0 Å². The van der Waals surface area contributed by atoms with E-state index in [0.717, 1.165) is 6.42 Å². The topological polar surface area (TPSA) is 26.3 Å². The quantitative estimate of drug-likeness (QED) is 0.496. The number of esters is 1. The standard InChI is InChI=1S/C11H20O2/c1-6-8-11(3,4)9(7-2)10(12)13-5/h6,8-9H,7H2,1-5H3/b8-6+. The van der Waals surface area contributed by atoms with Crippen LogP contribution in [0.2, 0.25) is 0 Å². The largest absolute Gasteiger partial charge is 0.469 e. The fourth-order valence-electron chi connectivity index (χ4n) is 1.68. The molecule has 2 heteroatoms. The minimum absolute atomic E-state index is 0.0475. The van der Waals surface area contributed by atoms with Crippen molar-refractivity contribution < 1.29 is 9.53 Å². The molecule has 0 aromatic rings. The Bertz CT molecular complexity index is 192. The molecule has 0 amide bonds. The number of carbonyl (C=O) groups is 1. The van der Waals surface area contributed by atoms with E-state index in [9.17, 15) is 4.79 Å². The normalized spacial score (nSPS) is 14.5. The van der Waals surface area contributed by atoms with Crippen LogP contribution in [0.3, 0.4) is 0 Å². The maximum atomic E-state index is 11.4. The van der Waals surface area contributed by atoms with Crippen molar-refractivity contribution in [2.45, 2.75) is 34.1 Å². The van der Waals surface area contributed by atoms with Crippen molar-refractivity contribution in [3.8, 4) is 0 Å². The van der Waals surface area contributed by atoms with Crippen LogP contribution in [0.1, 0.15) is 34.1 Å². The number of rotatable bonds is 4. The van der Waals surface area contributed by atoms with E-state index in [4.69, 9.17) is 4.74 Å². The summed E-state index contributed by atoms with van der Waals surface area (Å²) in [6.07, 6.45) is 4.84. The lowest BCUT2D eigenvalue weighted by Crippen LogP contribution is -2.29. The van der Waals surface area contributed by atoms with Crippen molar-refractivity contribution in [3.63, 3.8) is 0 Å². The van der Waals surface area contributed by atoms with E-state index >= 15 is 0 Å². The molecule has 0 radical (unpaired) electrons. The highest BCUT2D eigenvalue weighted by Crippen LogP contribution is 2.31. The zero-order valence-electron chi connectivity index (χ0n) is 9.26. The molecular weight excluding hydrogens is 164 g/mol. The van der Waals surface area contributed by atoms with Crippen molar-refractivity contribution in [2.75, 3.05) is 7.11 Å². The molecule has 0 heterocycles. The first kappa shape index (κ1) is 12.2. The third-order valence-corrected chi connectivity index (χ3v) is 2.39. The molecule has 0 saturated heterocycles. The number of ether oxygens (including phenoxy) is 1. The molecule has 13 heavy (non-hydrogen) atoms. The lowest BCUT2D eigenvalue weighted by atomic mass is 9.77. The number of methoxy groups -OCH3 is 1. The molecule has 0 aromatic heterocycles. The fraction of sp³-hybridized carbons (Fsp3) is 0.727. The maximum absolute atomic E-state index is 11.4. The van der Waals surface area contributed by atoms with Crippen molar-refractivity contribution in [1.29, 1.82) is 0 Å². The average Bonchev–Trinajstić information content (AvgIpc) is 2.04. The molecular formula is C11H20O2. The predicted molar refractivity (Wildman–Crippen MR) is 54.4 cm³/mol. The summed E-state index contributed by atoms with van der Waals surface area (Å²) in [6, 6.07) is 0. The summed E-state index contributed by atoms with van der Waals surface area (Å²) in [7, 11) is 1.44. The second-order valence-electron chi connectivity index (χ2n) is 3.81. The van der Waals surface area contributed by atoms with Crippen LogP contribution >= 0.6 is 0 Å². The predicted octanol–water partition coefficient (Wildman–Crippen LogP) is 2.79. The van der Waals surface area contributed by atoms with Crippen LogP contribution in [0.5, 0.6) is 0 Å². The second kappa shape index (κ2) is 5.05. The van der Waals surface area contributed by atoms with Crippen LogP contribution in [0.4, 0.5) is 0 Å². The highest BCUT2D eigenvalue weighted by molar-refractivity contribution is 5.73. The van der Waals surface area contributed by atoms with Crippen LogP contribution in [0.15, 0.2) is 12.2 Å². The number of hydrogen-bond acceptors (Lipinski definition) is 2. The minimum Gasteiger partial charge on any atom is -0.469 e. The molecule has 0 aliphatic carbocycles. The van der Waals surface area contributed by atoms with Crippen LogP contribution in [-0.4, -0.2) is 13.1 Å². The summed E-state index contributed by atoms with van der Waals surface area (Å²) in [6.45, 7) is 8.08. The molecule has 0 bridgehead atoms. The van der Waals surface area contributed by atoms with E-state index in [-0.39, 0.29) is 17.3 Å². The van der Waals surface area contributed by atoms with Crippen LogP contribution < -0.4 is 0 Å². The van der Waals surface area contributed by atoms with Gasteiger partial charge in [-0.1, -0.05) is 32.9 Å². The Balaban J connectivity index is 4.64. The van der Waals surface area contributed by atoms with Crippen molar-refractivity contribution in [2.24, 2.45) is 11.3 Å². The molecule has 1 atom stereocenters. The van der Waals surface area contributed by atoms with Gasteiger partial charge in [-0.2, -0.15) is 0 Å². The lowest BCUT2D eigenvalue weighted by molar-refractivity contribution is -0.148. The van der Waals surface area contributed by atoms with E-state index in [2.05, 4.69) is 19.9 Å². The third-order valence-electron chi connectivity index (χ3n) is 2.39. The molecule has 0 saturated carbocycles.